The third-order valence-corrected chi connectivity index (χ3v) is 11.2. The van der Waals surface area contributed by atoms with Crippen LogP contribution in [-0.2, 0) is 24.1 Å². The molecule has 0 radical (unpaired) electrons. The maximum atomic E-state index is 15.6. The van der Waals surface area contributed by atoms with Gasteiger partial charge in [-0.25, -0.2) is 40.3 Å². The Hall–Kier alpha value is -4.45. The molecule has 1 fully saturated rings. The molecular formula is C31H31F5N6O5S2. The second kappa shape index (κ2) is 13.8. The predicted molar refractivity (Wildman–Crippen MR) is 169 cm³/mol. The number of ether oxygens (including phenoxy) is 2. The molecule has 262 valence electrons. The van der Waals surface area contributed by atoms with Crippen LogP contribution in [0.25, 0.3) is 0 Å². The zero-order chi connectivity index (χ0) is 35.8. The topological polar surface area (TPSA) is 139 Å². The zero-order valence-electron chi connectivity index (χ0n) is 26.8. The van der Waals surface area contributed by atoms with E-state index in [2.05, 4.69) is 25.5 Å². The number of halogens is 5. The van der Waals surface area contributed by atoms with Crippen LogP contribution >= 0.6 is 11.8 Å². The standard InChI is InChI=1S/C31H31F5N6O5S2/c1-15-12-23(41-40-15)37-28-27(46-5)29(42-10-8-17(9-11-42)47-16(2)43)39-30(38-28)48-22-7-6-18(13-19(22)32)49(44,45)31(3,4)24-25(35)20(33)14-21(34)26(24)36/h6-7,12-14,17H,8-11H2,1-5H3,(H2,37,38,39,40,41). The van der Waals surface area contributed by atoms with Gasteiger partial charge in [-0.05, 0) is 50.7 Å². The molecule has 0 saturated carbocycles. The number of sulfone groups is 1. The van der Waals surface area contributed by atoms with E-state index in [0.29, 0.717) is 43.6 Å². The number of nitrogens with one attached hydrogen (secondary N) is 2. The summed E-state index contributed by atoms with van der Waals surface area (Å²) in [5.74, 6) is -7.54. The number of nitrogens with zero attached hydrogens (tertiary/aromatic N) is 4. The second-order valence-electron chi connectivity index (χ2n) is 11.6. The molecule has 18 heteroatoms. The molecule has 0 amide bonds. The number of esters is 1. The number of aromatic amines is 1. The third kappa shape index (κ3) is 7.15. The maximum Gasteiger partial charge on any atom is 0.302 e. The predicted octanol–water partition coefficient (Wildman–Crippen LogP) is 6.35. The largest absolute Gasteiger partial charge is 0.490 e. The van der Waals surface area contributed by atoms with Gasteiger partial charge in [-0.3, -0.25) is 9.89 Å². The molecule has 3 heterocycles. The van der Waals surface area contributed by atoms with Crippen molar-refractivity contribution in [2.75, 3.05) is 30.4 Å². The highest BCUT2D eigenvalue weighted by atomic mass is 32.2. The Morgan fingerprint density at radius 1 is 1.02 bits per heavy atom. The van der Waals surface area contributed by atoms with Crippen molar-refractivity contribution >= 4 is 45.0 Å². The summed E-state index contributed by atoms with van der Waals surface area (Å²) in [7, 11) is -3.40. The summed E-state index contributed by atoms with van der Waals surface area (Å²) in [6.07, 6.45) is 0.739. The Labute approximate surface area is 282 Å². The lowest BCUT2D eigenvalue weighted by Gasteiger charge is -2.33. The molecule has 2 aromatic heterocycles. The van der Waals surface area contributed by atoms with Crippen molar-refractivity contribution in [3.63, 3.8) is 0 Å². The first-order valence-corrected chi connectivity index (χ1v) is 17.1. The van der Waals surface area contributed by atoms with Crippen LogP contribution in [-0.4, -0.2) is 60.9 Å². The van der Waals surface area contributed by atoms with Gasteiger partial charge in [0.25, 0.3) is 0 Å². The van der Waals surface area contributed by atoms with Crippen molar-refractivity contribution in [2.45, 2.75) is 66.3 Å². The van der Waals surface area contributed by atoms with Crippen LogP contribution in [0.2, 0.25) is 0 Å². The zero-order valence-corrected chi connectivity index (χ0v) is 28.5. The van der Waals surface area contributed by atoms with Crippen molar-refractivity contribution < 1.29 is 44.6 Å². The van der Waals surface area contributed by atoms with Crippen LogP contribution < -0.4 is 15.0 Å². The highest BCUT2D eigenvalue weighted by Gasteiger charge is 2.44. The number of anilines is 3. The Balaban J connectivity index is 1.50. The number of aryl methyl sites for hydroxylation is 1. The van der Waals surface area contributed by atoms with E-state index in [0.717, 1.165) is 43.4 Å². The first kappa shape index (κ1) is 35.8. The summed E-state index contributed by atoms with van der Waals surface area (Å²) in [4.78, 5) is 21.7. The minimum absolute atomic E-state index is 0.0295. The van der Waals surface area contributed by atoms with E-state index >= 15 is 4.39 Å². The number of carbonyl (C=O) groups is 1. The van der Waals surface area contributed by atoms with Gasteiger partial charge in [-0.1, -0.05) is 0 Å². The summed E-state index contributed by atoms with van der Waals surface area (Å²) in [5.41, 5.74) is -0.599. The molecule has 4 aromatic rings. The Morgan fingerprint density at radius 3 is 2.22 bits per heavy atom. The van der Waals surface area contributed by atoms with Crippen LogP contribution in [0.4, 0.5) is 39.4 Å². The molecule has 2 aromatic carbocycles. The quantitative estimate of drug-likeness (QED) is 0.0819. The monoisotopic (exact) mass is 726 g/mol. The van der Waals surface area contributed by atoms with E-state index in [1.807, 2.05) is 4.90 Å². The lowest BCUT2D eigenvalue weighted by molar-refractivity contribution is -0.147. The van der Waals surface area contributed by atoms with Crippen LogP contribution in [0.15, 0.2) is 45.3 Å². The highest BCUT2D eigenvalue weighted by molar-refractivity contribution is 7.99. The number of carbonyl (C=O) groups excluding carboxylic acids is 1. The number of benzene rings is 2. The van der Waals surface area contributed by atoms with Gasteiger partial charge in [0, 0.05) is 50.7 Å². The van der Waals surface area contributed by atoms with Crippen molar-refractivity contribution in [1.82, 2.24) is 20.2 Å². The fourth-order valence-electron chi connectivity index (χ4n) is 5.34. The molecule has 11 nitrogen and oxygen atoms in total. The van der Waals surface area contributed by atoms with E-state index in [-0.39, 0.29) is 39.8 Å². The van der Waals surface area contributed by atoms with E-state index in [1.54, 1.807) is 13.0 Å². The molecule has 0 unspecified atom stereocenters. The van der Waals surface area contributed by atoms with Gasteiger partial charge in [0.1, 0.15) is 16.7 Å². The van der Waals surface area contributed by atoms with Crippen molar-refractivity contribution in [3.05, 3.63) is 70.7 Å². The molecule has 1 aliphatic heterocycles. The van der Waals surface area contributed by atoms with E-state index in [4.69, 9.17) is 9.47 Å². The molecule has 0 aliphatic carbocycles. The molecule has 0 bridgehead atoms. The molecule has 0 spiro atoms. The van der Waals surface area contributed by atoms with Gasteiger partial charge in [0.15, 0.2) is 55.7 Å². The molecule has 0 atom stereocenters. The van der Waals surface area contributed by atoms with Gasteiger partial charge in [0.05, 0.1) is 22.5 Å². The number of methoxy groups -OCH3 is 1. The van der Waals surface area contributed by atoms with Crippen LogP contribution in [0, 0.1) is 36.0 Å². The average molecular weight is 727 g/mol. The minimum Gasteiger partial charge on any atom is -0.490 e. The number of piperidine rings is 1. The number of aromatic nitrogens is 4. The van der Waals surface area contributed by atoms with E-state index in [9.17, 15) is 30.8 Å². The fourth-order valence-corrected chi connectivity index (χ4v) is 7.64. The van der Waals surface area contributed by atoms with Gasteiger partial charge in [-0.15, -0.1) is 0 Å². The molecule has 1 saturated heterocycles. The molecular weight excluding hydrogens is 696 g/mol. The van der Waals surface area contributed by atoms with Crippen molar-refractivity contribution in [1.29, 1.82) is 0 Å². The van der Waals surface area contributed by atoms with Crippen molar-refractivity contribution in [2.24, 2.45) is 0 Å². The number of hydrogen-bond acceptors (Lipinski definition) is 11. The fraction of sp³-hybridized carbons (Fsp3) is 0.355. The lowest BCUT2D eigenvalue weighted by atomic mass is 10.0. The van der Waals surface area contributed by atoms with Gasteiger partial charge >= 0.3 is 5.97 Å². The van der Waals surface area contributed by atoms with Gasteiger partial charge in [0.2, 0.25) is 5.75 Å². The van der Waals surface area contributed by atoms with Gasteiger partial charge in [-0.2, -0.15) is 5.10 Å². The van der Waals surface area contributed by atoms with Crippen LogP contribution in [0.5, 0.6) is 5.75 Å². The van der Waals surface area contributed by atoms with Crippen LogP contribution in [0.3, 0.4) is 0 Å². The summed E-state index contributed by atoms with van der Waals surface area (Å²) < 4.78 is 108. The number of H-pyrrole nitrogens is 1. The first-order valence-electron chi connectivity index (χ1n) is 14.8. The summed E-state index contributed by atoms with van der Waals surface area (Å²) in [6.45, 7) is 5.73. The third-order valence-electron chi connectivity index (χ3n) is 7.86. The number of hydrogen-bond donors (Lipinski definition) is 2. The molecule has 49 heavy (non-hydrogen) atoms. The summed E-state index contributed by atoms with van der Waals surface area (Å²) >= 11 is 0.751. The van der Waals surface area contributed by atoms with E-state index < -0.39 is 54.1 Å². The Bertz CT molecular complexity index is 1990. The highest BCUT2D eigenvalue weighted by Crippen LogP contribution is 2.42. The smallest absolute Gasteiger partial charge is 0.302 e. The van der Waals surface area contributed by atoms with Gasteiger partial charge < -0.3 is 19.7 Å². The Kier molecular flexibility index (Phi) is 10.1. The molecule has 5 rings (SSSR count). The van der Waals surface area contributed by atoms with E-state index in [1.165, 1.54) is 14.0 Å². The first-order chi connectivity index (χ1) is 23.0. The van der Waals surface area contributed by atoms with Crippen LogP contribution in [0.1, 0.15) is 44.9 Å². The maximum absolute atomic E-state index is 15.6. The summed E-state index contributed by atoms with van der Waals surface area (Å²) in [6, 6.07) is 4.44. The Morgan fingerprint density at radius 2 is 1.67 bits per heavy atom. The van der Waals surface area contributed by atoms with Crippen molar-refractivity contribution in [3.8, 4) is 5.75 Å². The summed E-state index contributed by atoms with van der Waals surface area (Å²) in [5, 5.41) is 10.1. The number of rotatable bonds is 10. The molecule has 2 N–H and O–H groups in total. The average Bonchev–Trinajstić information content (AvgIpc) is 3.45. The SMILES string of the molecule is COc1c(Nc2cc(C)[nH]n2)nc(Sc2ccc(S(=O)(=O)C(C)(C)c3c(F)c(F)cc(F)c3F)cc2F)nc1N1CCC(OC(C)=O)CC1. The lowest BCUT2D eigenvalue weighted by Crippen LogP contribution is -2.38. The molecule has 1 aliphatic rings. The minimum atomic E-state index is -4.83. The second-order valence-corrected chi connectivity index (χ2v) is 15.1. The normalized spacial score (nSPS) is 14.2.